The lowest BCUT2D eigenvalue weighted by Crippen LogP contribution is -2.70. The second kappa shape index (κ2) is 6.72. The first kappa shape index (κ1) is 19.2. The Balaban J connectivity index is 1.88. The van der Waals surface area contributed by atoms with Gasteiger partial charge in [-0.3, -0.25) is 19.3 Å². The lowest BCUT2D eigenvalue weighted by Gasteiger charge is -2.50. The van der Waals surface area contributed by atoms with Crippen molar-refractivity contribution in [2.45, 2.75) is 52.2 Å². The summed E-state index contributed by atoms with van der Waals surface area (Å²) in [7, 11) is 0. The Morgan fingerprint density at radius 3 is 2.52 bits per heavy atom. The van der Waals surface area contributed by atoms with Crippen LogP contribution in [-0.2, 0) is 9.59 Å². The fourth-order valence-corrected chi connectivity index (χ4v) is 4.52. The quantitative estimate of drug-likeness (QED) is 0.869. The molecule has 150 valence electrons. The van der Waals surface area contributed by atoms with Crippen molar-refractivity contribution in [1.82, 2.24) is 4.90 Å². The molecule has 0 aliphatic carbocycles. The number of anilines is 2. The van der Waals surface area contributed by atoms with E-state index in [0.717, 1.165) is 11.1 Å². The van der Waals surface area contributed by atoms with Crippen LogP contribution in [0.4, 0.5) is 11.4 Å². The van der Waals surface area contributed by atoms with E-state index in [2.05, 4.69) is 5.32 Å². The molecule has 6 heteroatoms. The van der Waals surface area contributed by atoms with E-state index in [1.54, 1.807) is 29.2 Å². The lowest BCUT2D eigenvalue weighted by atomic mass is 9.93. The molecule has 0 unspecified atom stereocenters. The average molecular weight is 391 g/mol. The van der Waals surface area contributed by atoms with Gasteiger partial charge in [0.15, 0.2) is 0 Å². The highest BCUT2D eigenvalue weighted by molar-refractivity contribution is 6.18. The number of benzene rings is 2. The molecule has 29 heavy (non-hydrogen) atoms. The van der Waals surface area contributed by atoms with Gasteiger partial charge in [-0.25, -0.2) is 0 Å². The van der Waals surface area contributed by atoms with Gasteiger partial charge < -0.3 is 10.2 Å². The van der Waals surface area contributed by atoms with Gasteiger partial charge >= 0.3 is 0 Å². The van der Waals surface area contributed by atoms with Gasteiger partial charge in [-0.1, -0.05) is 24.3 Å². The highest BCUT2D eigenvalue weighted by Gasteiger charge is 2.61. The fourth-order valence-electron chi connectivity index (χ4n) is 4.52. The molecule has 3 amide bonds. The topological polar surface area (TPSA) is 69.7 Å². The van der Waals surface area contributed by atoms with Gasteiger partial charge in [0.2, 0.25) is 11.6 Å². The van der Waals surface area contributed by atoms with E-state index in [1.165, 1.54) is 4.90 Å². The summed E-state index contributed by atoms with van der Waals surface area (Å²) in [6.07, 6.45) is 0.478. The molecule has 2 aromatic carbocycles. The van der Waals surface area contributed by atoms with Crippen LogP contribution in [0.25, 0.3) is 0 Å². The van der Waals surface area contributed by atoms with Gasteiger partial charge in [-0.2, -0.15) is 0 Å². The van der Waals surface area contributed by atoms with Crippen molar-refractivity contribution >= 4 is 29.1 Å². The van der Waals surface area contributed by atoms with Gasteiger partial charge in [0.25, 0.3) is 11.8 Å². The summed E-state index contributed by atoms with van der Waals surface area (Å²) in [6, 6.07) is 12.5. The number of para-hydroxylation sites is 1. The van der Waals surface area contributed by atoms with Crippen LogP contribution in [0, 0.1) is 13.8 Å². The second-order valence-corrected chi connectivity index (χ2v) is 8.03. The molecule has 1 fully saturated rings. The Hall–Kier alpha value is -3.15. The fraction of sp³-hybridized carbons (Fsp3) is 0.348. The summed E-state index contributed by atoms with van der Waals surface area (Å²) < 4.78 is 0. The summed E-state index contributed by atoms with van der Waals surface area (Å²) >= 11 is 0. The van der Waals surface area contributed by atoms with Crippen molar-refractivity contribution in [3.63, 3.8) is 0 Å². The number of amides is 3. The van der Waals surface area contributed by atoms with Crippen molar-refractivity contribution < 1.29 is 14.4 Å². The van der Waals surface area contributed by atoms with Gasteiger partial charge in [0.1, 0.15) is 0 Å². The van der Waals surface area contributed by atoms with Crippen LogP contribution < -0.4 is 10.2 Å². The van der Waals surface area contributed by atoms with Gasteiger partial charge in [0, 0.05) is 24.6 Å². The summed E-state index contributed by atoms with van der Waals surface area (Å²) in [6.45, 7) is 7.68. The number of rotatable bonds is 3. The van der Waals surface area contributed by atoms with Crippen LogP contribution in [0.1, 0.15) is 48.2 Å². The van der Waals surface area contributed by atoms with Crippen LogP contribution in [-0.4, -0.2) is 34.3 Å². The molecular weight excluding hydrogens is 366 g/mol. The lowest BCUT2D eigenvalue weighted by molar-refractivity contribution is -0.129. The Morgan fingerprint density at radius 2 is 1.79 bits per heavy atom. The Kier molecular flexibility index (Phi) is 4.45. The Bertz CT molecular complexity index is 1030. The molecule has 1 N–H and O–H groups in total. The molecule has 1 atom stereocenters. The van der Waals surface area contributed by atoms with Crippen LogP contribution in [0.3, 0.4) is 0 Å². The minimum atomic E-state index is -1.37. The molecule has 0 spiro atoms. The molecule has 0 saturated carbocycles. The number of carbonyl (C=O) groups is 3. The zero-order valence-corrected chi connectivity index (χ0v) is 17.2. The monoisotopic (exact) mass is 391 g/mol. The summed E-state index contributed by atoms with van der Waals surface area (Å²) in [4.78, 5) is 43.2. The normalized spacial score (nSPS) is 20.7. The van der Waals surface area contributed by atoms with Crippen molar-refractivity contribution in [2.24, 2.45) is 0 Å². The Labute approximate surface area is 170 Å². The first-order valence-corrected chi connectivity index (χ1v) is 9.92. The van der Waals surface area contributed by atoms with Crippen molar-refractivity contribution in [1.29, 1.82) is 0 Å². The molecule has 6 nitrogen and oxygen atoms in total. The summed E-state index contributed by atoms with van der Waals surface area (Å²) in [5.41, 5.74) is 2.31. The summed E-state index contributed by atoms with van der Waals surface area (Å²) in [5, 5.41) is 3.01. The molecule has 2 aliphatic rings. The maximum Gasteiger partial charge on any atom is 0.271 e. The van der Waals surface area contributed by atoms with Gasteiger partial charge in [-0.15, -0.1) is 0 Å². The maximum atomic E-state index is 13.8. The van der Waals surface area contributed by atoms with Crippen LogP contribution in [0.2, 0.25) is 0 Å². The minimum Gasteiger partial charge on any atom is -0.322 e. The Morgan fingerprint density at radius 1 is 1.07 bits per heavy atom. The molecule has 2 aliphatic heterocycles. The SMILES string of the molecule is Cc1cccc(NC(=O)[C@]23CCC(=O)N2c2ccccc2C(=O)N3C(C)C)c1C. The van der Waals surface area contributed by atoms with Crippen LogP contribution >= 0.6 is 0 Å². The number of nitrogens with zero attached hydrogens (tertiary/aromatic N) is 2. The number of nitrogens with one attached hydrogen (secondary N) is 1. The van der Waals surface area contributed by atoms with Gasteiger partial charge in [0.05, 0.1) is 11.3 Å². The second-order valence-electron chi connectivity index (χ2n) is 8.03. The van der Waals surface area contributed by atoms with E-state index < -0.39 is 5.66 Å². The molecule has 2 aromatic rings. The first-order valence-electron chi connectivity index (χ1n) is 9.92. The summed E-state index contributed by atoms with van der Waals surface area (Å²) in [5.74, 6) is -0.724. The number of fused-ring (bicyclic) bond motifs is 3. The maximum absolute atomic E-state index is 13.8. The van der Waals surface area contributed by atoms with E-state index in [1.807, 2.05) is 45.9 Å². The van der Waals surface area contributed by atoms with Crippen LogP contribution in [0.5, 0.6) is 0 Å². The standard InChI is InChI=1S/C23H25N3O3/c1-14(2)25-21(28)17-9-5-6-11-19(17)26-20(27)12-13-23(25,26)22(29)24-18-10-7-8-15(3)16(18)4/h5-11,14H,12-13H2,1-4H3,(H,24,29)/t23-/m0/s1. The van der Waals surface area contributed by atoms with Gasteiger partial charge in [-0.05, 0) is 57.0 Å². The molecule has 0 radical (unpaired) electrons. The highest BCUT2D eigenvalue weighted by atomic mass is 16.2. The minimum absolute atomic E-state index is 0.147. The van der Waals surface area contributed by atoms with Crippen molar-refractivity contribution in [3.8, 4) is 0 Å². The molecule has 2 heterocycles. The number of hydrogen-bond donors (Lipinski definition) is 1. The van der Waals surface area contributed by atoms with Crippen molar-refractivity contribution in [3.05, 3.63) is 59.2 Å². The zero-order chi connectivity index (χ0) is 20.9. The molecule has 4 rings (SSSR count). The van der Waals surface area contributed by atoms with E-state index in [-0.39, 0.29) is 36.6 Å². The number of hydrogen-bond acceptors (Lipinski definition) is 3. The third-order valence-corrected chi connectivity index (χ3v) is 6.03. The molecular formula is C23H25N3O3. The molecule has 0 bridgehead atoms. The number of carbonyl (C=O) groups excluding carboxylic acids is 3. The predicted octanol–water partition coefficient (Wildman–Crippen LogP) is 3.63. The third kappa shape index (κ3) is 2.66. The smallest absolute Gasteiger partial charge is 0.271 e. The molecule has 0 aromatic heterocycles. The predicted molar refractivity (Wildman–Crippen MR) is 112 cm³/mol. The van der Waals surface area contributed by atoms with E-state index >= 15 is 0 Å². The van der Waals surface area contributed by atoms with E-state index in [0.29, 0.717) is 16.9 Å². The third-order valence-electron chi connectivity index (χ3n) is 6.03. The molecule has 1 saturated heterocycles. The zero-order valence-electron chi connectivity index (χ0n) is 17.2. The largest absolute Gasteiger partial charge is 0.322 e. The highest BCUT2D eigenvalue weighted by Crippen LogP contribution is 2.46. The van der Waals surface area contributed by atoms with E-state index in [4.69, 9.17) is 0 Å². The number of aryl methyl sites for hydroxylation is 1. The first-order chi connectivity index (χ1) is 13.8. The van der Waals surface area contributed by atoms with Crippen LogP contribution in [0.15, 0.2) is 42.5 Å². The van der Waals surface area contributed by atoms with E-state index in [9.17, 15) is 14.4 Å². The van der Waals surface area contributed by atoms with Crippen molar-refractivity contribution in [2.75, 3.05) is 10.2 Å². The average Bonchev–Trinajstić information content (AvgIpc) is 3.03.